The Hall–Kier alpha value is -2.46. The molecule has 1 unspecified atom stereocenters. The Kier molecular flexibility index (Phi) is 4.36. The zero-order valence-electron chi connectivity index (χ0n) is 16.2. The van der Waals surface area contributed by atoms with Gasteiger partial charge in [-0.1, -0.05) is 23.7 Å². The highest BCUT2D eigenvalue weighted by Gasteiger charge is 2.54. The summed E-state index contributed by atoms with van der Waals surface area (Å²) in [6.45, 7) is 3.59. The van der Waals surface area contributed by atoms with Gasteiger partial charge in [-0.2, -0.15) is 0 Å². The second kappa shape index (κ2) is 6.81. The fraction of sp³-hybridized carbons (Fsp3) is 0.333. The number of carbonyl (C=O) groups is 1. The summed E-state index contributed by atoms with van der Waals surface area (Å²) in [5, 5.41) is 1.59. The molecular weight excluding hydrogens is 387 g/mol. The molecule has 1 saturated carbocycles. The van der Waals surface area contributed by atoms with Crippen LogP contribution in [0.3, 0.4) is 0 Å². The summed E-state index contributed by atoms with van der Waals surface area (Å²) in [5.41, 5.74) is 3.24. The van der Waals surface area contributed by atoms with Crippen molar-refractivity contribution < 1.29 is 9.18 Å². The maximum absolute atomic E-state index is 13.7. The van der Waals surface area contributed by atoms with Gasteiger partial charge in [-0.25, -0.2) is 4.39 Å². The van der Waals surface area contributed by atoms with E-state index in [0.717, 1.165) is 42.4 Å². The summed E-state index contributed by atoms with van der Waals surface area (Å²) in [4.78, 5) is 19.2. The molecule has 2 aromatic carbocycles. The van der Waals surface area contributed by atoms with Crippen molar-refractivity contribution in [1.82, 2.24) is 9.88 Å². The van der Waals surface area contributed by atoms with Crippen molar-refractivity contribution in [3.63, 3.8) is 0 Å². The molecule has 5 rings (SSSR count). The number of rotatable bonds is 3. The quantitative estimate of drug-likeness (QED) is 0.570. The minimum Gasteiger partial charge on any atom is -0.341 e. The number of pyridine rings is 1. The molecule has 0 radical (unpaired) electrons. The molecule has 1 amide bonds. The van der Waals surface area contributed by atoms with Gasteiger partial charge in [0.25, 0.3) is 0 Å². The third kappa shape index (κ3) is 3.20. The van der Waals surface area contributed by atoms with Crippen LogP contribution in [0.25, 0.3) is 10.9 Å². The van der Waals surface area contributed by atoms with Gasteiger partial charge in [0, 0.05) is 35.1 Å². The van der Waals surface area contributed by atoms with Crippen LogP contribution in [-0.4, -0.2) is 28.9 Å². The van der Waals surface area contributed by atoms with Crippen LogP contribution in [0.15, 0.2) is 54.7 Å². The van der Waals surface area contributed by atoms with Gasteiger partial charge in [-0.05, 0) is 73.2 Å². The Labute approximate surface area is 174 Å². The van der Waals surface area contributed by atoms with Crippen molar-refractivity contribution in [3.05, 3.63) is 76.7 Å². The number of fused-ring (bicyclic) bond motifs is 1. The Bertz CT molecular complexity index is 1080. The standard InChI is InChI=1S/C24H22ClFN2O/c1-15(16-2-4-18(25)5-3-16)23(29)28-13-24(14-28)11-17(12-24)20-8-9-27-22-7-6-19(26)10-21(20)22/h2-10,15,17H,11-14H2,1H3. The highest BCUT2D eigenvalue weighted by molar-refractivity contribution is 6.30. The van der Waals surface area contributed by atoms with Gasteiger partial charge in [-0.3, -0.25) is 9.78 Å². The molecule has 1 aromatic heterocycles. The first-order valence-electron chi connectivity index (χ1n) is 10.0. The second-order valence-electron chi connectivity index (χ2n) is 8.63. The van der Waals surface area contributed by atoms with E-state index in [2.05, 4.69) is 4.98 Å². The summed E-state index contributed by atoms with van der Waals surface area (Å²) in [6, 6.07) is 14.3. The van der Waals surface area contributed by atoms with Gasteiger partial charge in [0.1, 0.15) is 5.82 Å². The van der Waals surface area contributed by atoms with Gasteiger partial charge in [0.2, 0.25) is 5.91 Å². The average Bonchev–Trinajstić information content (AvgIpc) is 2.66. The molecule has 1 saturated heterocycles. The van der Waals surface area contributed by atoms with Gasteiger partial charge < -0.3 is 4.90 Å². The number of hydrogen-bond acceptors (Lipinski definition) is 2. The maximum Gasteiger partial charge on any atom is 0.229 e. The number of carbonyl (C=O) groups excluding carboxylic acids is 1. The lowest BCUT2D eigenvalue weighted by atomic mass is 9.55. The minimum atomic E-state index is -0.225. The van der Waals surface area contributed by atoms with Crippen LogP contribution in [0.2, 0.25) is 5.02 Å². The molecule has 1 aliphatic heterocycles. The van der Waals surface area contributed by atoms with Gasteiger partial charge >= 0.3 is 0 Å². The highest BCUT2D eigenvalue weighted by Crippen LogP contribution is 2.57. The molecule has 148 valence electrons. The van der Waals surface area contributed by atoms with Gasteiger partial charge in [0.05, 0.1) is 11.4 Å². The lowest BCUT2D eigenvalue weighted by molar-refractivity contribution is -0.152. The highest BCUT2D eigenvalue weighted by atomic mass is 35.5. The Balaban J connectivity index is 1.24. The Morgan fingerprint density at radius 2 is 1.90 bits per heavy atom. The van der Waals surface area contributed by atoms with E-state index >= 15 is 0 Å². The molecule has 0 N–H and O–H groups in total. The summed E-state index contributed by atoms with van der Waals surface area (Å²) in [7, 11) is 0. The molecular formula is C24H22ClFN2O. The van der Waals surface area contributed by atoms with Crippen molar-refractivity contribution in [1.29, 1.82) is 0 Å². The average molecular weight is 409 g/mol. The first kappa shape index (κ1) is 18.6. The van der Waals surface area contributed by atoms with Crippen LogP contribution in [0, 0.1) is 11.2 Å². The van der Waals surface area contributed by atoms with Crippen molar-refractivity contribution in [3.8, 4) is 0 Å². The molecule has 1 atom stereocenters. The van der Waals surface area contributed by atoms with E-state index in [1.54, 1.807) is 12.1 Å². The van der Waals surface area contributed by atoms with E-state index < -0.39 is 0 Å². The van der Waals surface area contributed by atoms with Crippen LogP contribution in [0.4, 0.5) is 4.39 Å². The summed E-state index contributed by atoms with van der Waals surface area (Å²) < 4.78 is 13.7. The SMILES string of the molecule is CC(C(=O)N1CC2(CC(c3ccnc4ccc(F)cc34)C2)C1)c1ccc(Cl)cc1. The number of likely N-dealkylation sites (tertiary alicyclic amines) is 1. The van der Waals surface area contributed by atoms with E-state index in [9.17, 15) is 9.18 Å². The Morgan fingerprint density at radius 1 is 1.17 bits per heavy atom. The normalized spacial score (nSPS) is 19.1. The zero-order chi connectivity index (χ0) is 20.2. The third-order valence-electron chi connectivity index (χ3n) is 6.64. The summed E-state index contributed by atoms with van der Waals surface area (Å²) >= 11 is 5.95. The molecule has 29 heavy (non-hydrogen) atoms. The Morgan fingerprint density at radius 3 is 2.62 bits per heavy atom. The van der Waals surface area contributed by atoms with Gasteiger partial charge in [0.15, 0.2) is 0 Å². The topological polar surface area (TPSA) is 33.2 Å². The molecule has 2 heterocycles. The van der Waals surface area contributed by atoms with Crippen molar-refractivity contribution >= 4 is 28.4 Å². The largest absolute Gasteiger partial charge is 0.341 e. The molecule has 1 spiro atoms. The lowest BCUT2D eigenvalue weighted by Crippen LogP contribution is -2.63. The number of benzene rings is 2. The fourth-order valence-corrected chi connectivity index (χ4v) is 5.17. The molecule has 1 aliphatic carbocycles. The first-order valence-corrected chi connectivity index (χ1v) is 10.4. The van der Waals surface area contributed by atoms with E-state index in [4.69, 9.17) is 11.6 Å². The molecule has 2 fully saturated rings. The van der Waals surface area contributed by atoms with E-state index in [-0.39, 0.29) is 23.1 Å². The molecule has 3 nitrogen and oxygen atoms in total. The smallest absolute Gasteiger partial charge is 0.229 e. The van der Waals surface area contributed by atoms with Crippen molar-refractivity contribution in [2.24, 2.45) is 5.41 Å². The van der Waals surface area contributed by atoms with Crippen molar-refractivity contribution in [2.75, 3.05) is 13.1 Å². The van der Waals surface area contributed by atoms with Crippen LogP contribution < -0.4 is 0 Å². The second-order valence-corrected chi connectivity index (χ2v) is 9.07. The third-order valence-corrected chi connectivity index (χ3v) is 6.89. The van der Waals surface area contributed by atoms with Crippen LogP contribution in [0.5, 0.6) is 0 Å². The fourth-order valence-electron chi connectivity index (χ4n) is 5.05. The predicted molar refractivity (Wildman–Crippen MR) is 113 cm³/mol. The van der Waals surface area contributed by atoms with E-state index in [1.165, 1.54) is 11.6 Å². The maximum atomic E-state index is 13.7. The number of aromatic nitrogens is 1. The molecule has 0 bridgehead atoms. The molecule has 2 aliphatic rings. The first-order chi connectivity index (χ1) is 13.9. The monoisotopic (exact) mass is 408 g/mol. The predicted octanol–water partition coefficient (Wildman–Crippen LogP) is 5.54. The number of nitrogens with zero attached hydrogens (tertiary/aromatic N) is 2. The van der Waals surface area contributed by atoms with Crippen LogP contribution in [-0.2, 0) is 4.79 Å². The lowest BCUT2D eigenvalue weighted by Gasteiger charge is -2.59. The van der Waals surface area contributed by atoms with E-state index in [1.807, 2.05) is 48.4 Å². The van der Waals surface area contributed by atoms with Gasteiger partial charge in [-0.15, -0.1) is 0 Å². The zero-order valence-corrected chi connectivity index (χ0v) is 17.0. The summed E-state index contributed by atoms with van der Waals surface area (Å²) in [5.74, 6) is 0.205. The molecule has 5 heteroatoms. The minimum absolute atomic E-state index is 0.160. The number of hydrogen-bond donors (Lipinski definition) is 0. The number of halogens is 2. The number of amides is 1. The van der Waals surface area contributed by atoms with Crippen LogP contribution >= 0.6 is 11.6 Å². The van der Waals surface area contributed by atoms with E-state index in [0.29, 0.717) is 10.9 Å². The molecule has 3 aromatic rings. The van der Waals surface area contributed by atoms with Crippen LogP contribution in [0.1, 0.15) is 42.7 Å². The van der Waals surface area contributed by atoms with Crippen molar-refractivity contribution in [2.45, 2.75) is 31.6 Å². The summed E-state index contributed by atoms with van der Waals surface area (Å²) in [6.07, 6.45) is 3.90.